The number of fused-ring (bicyclic) bond motifs is 1. The van der Waals surface area contributed by atoms with Crippen molar-refractivity contribution in [2.24, 2.45) is 0 Å². The summed E-state index contributed by atoms with van der Waals surface area (Å²) in [6.45, 7) is 0. The highest BCUT2D eigenvalue weighted by atomic mass is 32.1. The topological polar surface area (TPSA) is 43.1 Å². The molecule has 1 aromatic heterocycles. The number of carbonyl (C=O) groups is 1. The van der Waals surface area contributed by atoms with Crippen LogP contribution < -0.4 is 5.73 Å². The molecule has 0 saturated heterocycles. The number of aldehydes is 1. The van der Waals surface area contributed by atoms with E-state index < -0.39 is 0 Å². The molecule has 1 aromatic carbocycles. The molecular weight excluding hydrogens is 202 g/mol. The second-order valence-electron chi connectivity index (χ2n) is 2.72. The van der Waals surface area contributed by atoms with Crippen LogP contribution in [0.2, 0.25) is 0 Å². The minimum absolute atomic E-state index is 0.510. The van der Waals surface area contributed by atoms with Gasteiger partial charge in [-0.25, -0.2) is 0 Å². The van der Waals surface area contributed by atoms with E-state index >= 15 is 0 Å². The van der Waals surface area contributed by atoms with Crippen LogP contribution >= 0.6 is 24.0 Å². The van der Waals surface area contributed by atoms with Gasteiger partial charge in [0.15, 0.2) is 6.29 Å². The average Bonchev–Trinajstić information content (AvgIpc) is 2.47. The molecule has 0 amide bonds. The molecule has 2 rings (SSSR count). The lowest BCUT2D eigenvalue weighted by Gasteiger charge is -1.98. The maximum Gasteiger partial charge on any atom is 0.152 e. The number of benzene rings is 1. The standard InChI is InChI=1S/C9H7NOS2/c10-7-2-6-8(12)4-13-9(6)1-5(7)3-11/h1-4,12H,10H2. The molecule has 2 nitrogen and oxygen atoms in total. The normalized spacial score (nSPS) is 10.5. The first-order valence-electron chi connectivity index (χ1n) is 3.67. The predicted molar refractivity (Wildman–Crippen MR) is 58.9 cm³/mol. The monoisotopic (exact) mass is 209 g/mol. The van der Waals surface area contributed by atoms with Gasteiger partial charge in [-0.3, -0.25) is 4.79 Å². The van der Waals surface area contributed by atoms with Gasteiger partial charge in [0.25, 0.3) is 0 Å². The zero-order chi connectivity index (χ0) is 9.42. The van der Waals surface area contributed by atoms with Crippen molar-refractivity contribution in [2.75, 3.05) is 5.73 Å². The molecule has 4 heteroatoms. The third kappa shape index (κ3) is 1.32. The Bertz CT molecular complexity index is 476. The summed E-state index contributed by atoms with van der Waals surface area (Å²) in [5, 5.41) is 2.94. The summed E-state index contributed by atoms with van der Waals surface area (Å²) in [7, 11) is 0. The average molecular weight is 209 g/mol. The lowest BCUT2D eigenvalue weighted by molar-refractivity contribution is 0.112. The minimum Gasteiger partial charge on any atom is -0.398 e. The maximum absolute atomic E-state index is 10.6. The van der Waals surface area contributed by atoms with Crippen molar-refractivity contribution in [3.05, 3.63) is 23.1 Å². The van der Waals surface area contributed by atoms with Crippen LogP contribution in [0.1, 0.15) is 10.4 Å². The number of thiophene rings is 1. The minimum atomic E-state index is 0.510. The number of thiol groups is 1. The Balaban J connectivity index is 2.83. The molecule has 0 unspecified atom stereocenters. The summed E-state index contributed by atoms with van der Waals surface area (Å²) >= 11 is 5.84. The van der Waals surface area contributed by atoms with Gasteiger partial charge >= 0.3 is 0 Å². The van der Waals surface area contributed by atoms with Gasteiger partial charge in [-0.1, -0.05) is 0 Å². The molecule has 0 spiro atoms. The molecule has 0 bridgehead atoms. The lowest BCUT2D eigenvalue weighted by Crippen LogP contribution is -1.91. The van der Waals surface area contributed by atoms with Gasteiger partial charge in [-0.05, 0) is 12.1 Å². The largest absolute Gasteiger partial charge is 0.398 e. The van der Waals surface area contributed by atoms with Crippen molar-refractivity contribution in [3.63, 3.8) is 0 Å². The fraction of sp³-hybridized carbons (Fsp3) is 0. The molecule has 1 heterocycles. The van der Waals surface area contributed by atoms with Crippen molar-refractivity contribution < 1.29 is 4.79 Å². The molecule has 0 aliphatic rings. The number of hydrogen-bond acceptors (Lipinski definition) is 4. The van der Waals surface area contributed by atoms with E-state index in [2.05, 4.69) is 12.6 Å². The van der Waals surface area contributed by atoms with E-state index in [1.807, 2.05) is 5.38 Å². The van der Waals surface area contributed by atoms with E-state index in [1.54, 1.807) is 23.5 Å². The van der Waals surface area contributed by atoms with Gasteiger partial charge in [0, 0.05) is 31.6 Å². The van der Waals surface area contributed by atoms with E-state index in [0.717, 1.165) is 21.3 Å². The van der Waals surface area contributed by atoms with Crippen LogP contribution in [0.3, 0.4) is 0 Å². The third-order valence-electron chi connectivity index (χ3n) is 1.89. The van der Waals surface area contributed by atoms with Gasteiger partial charge in [0.05, 0.1) is 0 Å². The number of hydrogen-bond donors (Lipinski definition) is 2. The van der Waals surface area contributed by atoms with Crippen LogP contribution in [-0.2, 0) is 0 Å². The highest BCUT2D eigenvalue weighted by Gasteiger charge is 2.04. The molecule has 13 heavy (non-hydrogen) atoms. The maximum atomic E-state index is 10.6. The number of anilines is 1. The van der Waals surface area contributed by atoms with Crippen molar-refractivity contribution in [1.82, 2.24) is 0 Å². The number of rotatable bonds is 1. The molecule has 0 fully saturated rings. The number of nitrogen functional groups attached to an aromatic ring is 1. The second kappa shape index (κ2) is 3.05. The van der Waals surface area contributed by atoms with E-state index in [9.17, 15) is 4.79 Å². The zero-order valence-electron chi connectivity index (χ0n) is 6.65. The van der Waals surface area contributed by atoms with Gasteiger partial charge in [-0.2, -0.15) is 0 Å². The fourth-order valence-electron chi connectivity index (χ4n) is 1.19. The molecule has 66 valence electrons. The van der Waals surface area contributed by atoms with Gasteiger partial charge in [0.1, 0.15) is 0 Å². The Kier molecular flexibility index (Phi) is 2.01. The van der Waals surface area contributed by atoms with Crippen molar-refractivity contribution in [2.45, 2.75) is 4.90 Å². The predicted octanol–water partition coefficient (Wildman–Crippen LogP) is 2.58. The molecular formula is C9H7NOS2. The number of carbonyl (C=O) groups excluding carboxylic acids is 1. The first-order chi connectivity index (χ1) is 6.22. The van der Waals surface area contributed by atoms with Crippen LogP contribution in [0.25, 0.3) is 10.1 Å². The second-order valence-corrected chi connectivity index (χ2v) is 4.11. The van der Waals surface area contributed by atoms with Crippen molar-refractivity contribution >= 4 is 46.0 Å². The molecule has 2 N–H and O–H groups in total. The quantitative estimate of drug-likeness (QED) is 0.430. The SMILES string of the molecule is Nc1cc2c(S)csc2cc1C=O. The first kappa shape index (κ1) is 8.59. The van der Waals surface area contributed by atoms with E-state index in [0.29, 0.717) is 11.3 Å². The Morgan fingerprint density at radius 3 is 2.92 bits per heavy atom. The lowest BCUT2D eigenvalue weighted by atomic mass is 10.1. The smallest absolute Gasteiger partial charge is 0.152 e. The molecule has 0 radical (unpaired) electrons. The summed E-state index contributed by atoms with van der Waals surface area (Å²) in [6, 6.07) is 3.58. The van der Waals surface area contributed by atoms with Crippen LogP contribution in [-0.4, -0.2) is 6.29 Å². The Morgan fingerprint density at radius 2 is 2.23 bits per heavy atom. The van der Waals surface area contributed by atoms with Crippen LogP contribution in [0.4, 0.5) is 5.69 Å². The molecule has 0 atom stereocenters. The molecule has 2 aromatic rings. The van der Waals surface area contributed by atoms with E-state index in [-0.39, 0.29) is 0 Å². The summed E-state index contributed by atoms with van der Waals surface area (Å²) < 4.78 is 1.04. The first-order valence-corrected chi connectivity index (χ1v) is 5.00. The van der Waals surface area contributed by atoms with Gasteiger partial charge in [0.2, 0.25) is 0 Å². The summed E-state index contributed by atoms with van der Waals surface area (Å²) in [5.74, 6) is 0. The summed E-state index contributed by atoms with van der Waals surface area (Å²) in [4.78, 5) is 11.5. The van der Waals surface area contributed by atoms with Crippen LogP contribution in [0.5, 0.6) is 0 Å². The van der Waals surface area contributed by atoms with Crippen LogP contribution in [0.15, 0.2) is 22.4 Å². The van der Waals surface area contributed by atoms with E-state index in [1.165, 1.54) is 0 Å². The zero-order valence-corrected chi connectivity index (χ0v) is 8.36. The van der Waals surface area contributed by atoms with Gasteiger partial charge in [-0.15, -0.1) is 24.0 Å². The van der Waals surface area contributed by atoms with E-state index in [4.69, 9.17) is 5.73 Å². The van der Waals surface area contributed by atoms with Gasteiger partial charge < -0.3 is 5.73 Å². The molecule has 0 aliphatic heterocycles. The summed E-state index contributed by atoms with van der Waals surface area (Å²) in [5.41, 5.74) is 6.72. The Hall–Kier alpha value is -1.00. The third-order valence-corrected chi connectivity index (χ3v) is 3.38. The number of nitrogens with two attached hydrogens (primary N) is 1. The summed E-state index contributed by atoms with van der Waals surface area (Å²) in [6.07, 6.45) is 0.771. The van der Waals surface area contributed by atoms with Crippen molar-refractivity contribution in [3.8, 4) is 0 Å². The molecule has 0 saturated carbocycles. The highest BCUT2D eigenvalue weighted by Crippen LogP contribution is 2.31. The highest BCUT2D eigenvalue weighted by molar-refractivity contribution is 7.80. The Labute approximate surface area is 84.8 Å². The molecule has 0 aliphatic carbocycles. The Morgan fingerprint density at radius 1 is 1.46 bits per heavy atom. The fourth-order valence-corrected chi connectivity index (χ4v) is 2.47. The van der Waals surface area contributed by atoms with Crippen molar-refractivity contribution in [1.29, 1.82) is 0 Å². The van der Waals surface area contributed by atoms with Crippen LogP contribution in [0, 0.1) is 0 Å².